The summed E-state index contributed by atoms with van der Waals surface area (Å²) in [5.41, 5.74) is 0.116. The van der Waals surface area contributed by atoms with E-state index in [4.69, 9.17) is 0 Å². The lowest BCUT2D eigenvalue weighted by Crippen LogP contribution is -2.59. The second kappa shape index (κ2) is 11.0. The molecule has 11 nitrogen and oxygen atoms in total. The summed E-state index contributed by atoms with van der Waals surface area (Å²) >= 11 is 0. The number of nitrogens with one attached hydrogen (secondary N) is 3. The van der Waals surface area contributed by atoms with Crippen molar-refractivity contribution in [2.75, 3.05) is 16.3 Å². The first-order chi connectivity index (χ1) is 20.1. The van der Waals surface area contributed by atoms with Gasteiger partial charge in [-0.25, -0.2) is 8.42 Å². The van der Waals surface area contributed by atoms with Crippen molar-refractivity contribution in [3.8, 4) is 0 Å². The smallest absolute Gasteiger partial charge is 0.286 e. The van der Waals surface area contributed by atoms with Gasteiger partial charge in [-0.05, 0) is 54.2 Å². The van der Waals surface area contributed by atoms with Gasteiger partial charge >= 0.3 is 0 Å². The summed E-state index contributed by atoms with van der Waals surface area (Å²) < 4.78 is 56.3. The van der Waals surface area contributed by atoms with Gasteiger partial charge < -0.3 is 5.32 Å². The highest BCUT2D eigenvalue weighted by atomic mass is 32.2. The molecule has 1 aromatic heterocycles. The molecule has 13 heteroatoms. The predicted octanol–water partition coefficient (Wildman–Crippen LogP) is 3.86. The van der Waals surface area contributed by atoms with Crippen molar-refractivity contribution in [1.29, 1.82) is 0 Å². The van der Waals surface area contributed by atoms with E-state index in [-0.39, 0.29) is 34.1 Å². The van der Waals surface area contributed by atoms with Crippen LogP contribution < -0.4 is 15.4 Å². The number of Topliss-reactive ketones (excluding diaryl/α,β-unsaturated/α-hetero) is 2. The number of amidine groups is 1. The molecular weight excluding hydrogens is 590 g/mol. The van der Waals surface area contributed by atoms with E-state index in [0.717, 1.165) is 12.3 Å². The molecule has 3 N–H and O–H groups in total. The minimum Gasteiger partial charge on any atom is -0.341 e. The first-order valence-electron chi connectivity index (χ1n) is 13.7. The van der Waals surface area contributed by atoms with Crippen LogP contribution in [0.25, 0.3) is 0 Å². The molecule has 2 aliphatic rings. The maximum atomic E-state index is 14.7. The van der Waals surface area contributed by atoms with Crippen LogP contribution in [0.4, 0.5) is 11.4 Å². The van der Waals surface area contributed by atoms with Gasteiger partial charge in [-0.1, -0.05) is 51.1 Å². The van der Waals surface area contributed by atoms with E-state index in [2.05, 4.69) is 45.5 Å². The van der Waals surface area contributed by atoms with Gasteiger partial charge in [-0.15, -0.1) is 4.40 Å². The molecule has 1 aliphatic heterocycles. The van der Waals surface area contributed by atoms with E-state index < -0.39 is 43.1 Å². The fraction of sp³-hybridized carbons (Fsp3) is 0.333. The summed E-state index contributed by atoms with van der Waals surface area (Å²) in [4.78, 5) is 32.8. The predicted molar refractivity (Wildman–Crippen MR) is 164 cm³/mol. The summed E-state index contributed by atoms with van der Waals surface area (Å²) in [6.45, 7) is 6.41. The first-order valence-corrected chi connectivity index (χ1v) is 17.0. The number of anilines is 2. The number of carbonyl (C=O) groups excluding carboxylic acids is 2. The Bertz CT molecular complexity index is 1850. The lowest BCUT2D eigenvalue weighted by atomic mass is 9.66. The highest BCUT2D eigenvalue weighted by molar-refractivity contribution is 7.92. The molecule has 0 amide bonds. The lowest BCUT2D eigenvalue weighted by Gasteiger charge is -2.42. The SMILES string of the molecule is CC(C)(C)CCC1(NCc2ccccn2)C(=O)C(C2=NS(=O)(=O)c3cc(NS(C)(=O)=O)ccc3N2)C(=O)c2ccccc21. The molecule has 0 saturated carbocycles. The Hall–Kier alpha value is -3.94. The summed E-state index contributed by atoms with van der Waals surface area (Å²) in [7, 11) is -8.08. The fourth-order valence-electron chi connectivity index (χ4n) is 5.39. The molecule has 226 valence electrons. The number of pyridine rings is 1. The van der Waals surface area contributed by atoms with Crippen molar-refractivity contribution in [2.45, 2.75) is 50.6 Å². The van der Waals surface area contributed by atoms with E-state index in [9.17, 15) is 26.4 Å². The number of sulfonamides is 2. The molecule has 0 radical (unpaired) electrons. The highest BCUT2D eigenvalue weighted by Crippen LogP contribution is 2.43. The van der Waals surface area contributed by atoms with Gasteiger partial charge in [0.15, 0.2) is 11.6 Å². The number of aromatic nitrogens is 1. The van der Waals surface area contributed by atoms with Gasteiger partial charge in [0.05, 0.1) is 17.6 Å². The average Bonchev–Trinajstić information content (AvgIpc) is 2.92. The zero-order valence-electron chi connectivity index (χ0n) is 24.2. The van der Waals surface area contributed by atoms with Gasteiger partial charge in [0.1, 0.15) is 22.2 Å². The summed E-state index contributed by atoms with van der Waals surface area (Å²) in [5, 5.41) is 6.33. The molecule has 2 heterocycles. The zero-order valence-corrected chi connectivity index (χ0v) is 25.8. The Morgan fingerprint density at radius 3 is 2.42 bits per heavy atom. The number of carbonyl (C=O) groups is 2. The van der Waals surface area contributed by atoms with Crippen molar-refractivity contribution in [1.82, 2.24) is 10.3 Å². The van der Waals surface area contributed by atoms with E-state index >= 15 is 0 Å². The molecule has 2 aromatic carbocycles. The number of rotatable bonds is 8. The third kappa shape index (κ3) is 6.24. The quantitative estimate of drug-likeness (QED) is 0.316. The molecule has 2 unspecified atom stereocenters. The second-order valence-electron chi connectivity index (χ2n) is 12.0. The summed E-state index contributed by atoms with van der Waals surface area (Å²) in [5.74, 6) is -2.92. The van der Waals surface area contributed by atoms with E-state index in [1.165, 1.54) is 12.1 Å². The first kappa shape index (κ1) is 30.5. The van der Waals surface area contributed by atoms with Crippen LogP contribution in [-0.4, -0.2) is 45.5 Å². The molecule has 5 rings (SSSR count). The van der Waals surface area contributed by atoms with Gasteiger partial charge in [0.25, 0.3) is 10.0 Å². The Morgan fingerprint density at radius 2 is 1.74 bits per heavy atom. The van der Waals surface area contributed by atoms with Crippen LogP contribution in [0.15, 0.2) is 76.2 Å². The molecule has 2 atom stereocenters. The van der Waals surface area contributed by atoms with E-state index in [0.29, 0.717) is 29.7 Å². The Kier molecular flexibility index (Phi) is 7.78. The van der Waals surface area contributed by atoms with Crippen molar-refractivity contribution in [3.63, 3.8) is 0 Å². The van der Waals surface area contributed by atoms with Crippen LogP contribution >= 0.6 is 0 Å². The number of nitrogens with zero attached hydrogens (tertiary/aromatic N) is 2. The zero-order chi connectivity index (χ0) is 31.2. The van der Waals surface area contributed by atoms with Gasteiger partial charge in [-0.2, -0.15) is 8.42 Å². The Balaban J connectivity index is 1.62. The minimum atomic E-state index is -4.42. The topological polar surface area (TPSA) is 164 Å². The monoisotopic (exact) mass is 623 g/mol. The van der Waals surface area contributed by atoms with Crippen molar-refractivity contribution in [3.05, 3.63) is 83.7 Å². The third-order valence-electron chi connectivity index (χ3n) is 7.46. The average molecular weight is 624 g/mol. The standard InChI is InChI=1S/C30H33N5O6S2/c1-29(2,3)14-15-30(32-18-20-9-7-8-16-31-20)22-11-6-5-10-21(22)26(36)25(27(30)37)28-33-23-13-12-19(34-42(4,38)39)17-24(23)43(40,41)35-28/h5-13,16-17,25,32,34H,14-15,18H2,1-4H3,(H,33,35). The van der Waals surface area contributed by atoms with Crippen molar-refractivity contribution >= 4 is 48.8 Å². The van der Waals surface area contributed by atoms with Crippen LogP contribution in [0.2, 0.25) is 0 Å². The lowest BCUT2D eigenvalue weighted by molar-refractivity contribution is -0.128. The summed E-state index contributed by atoms with van der Waals surface area (Å²) in [6, 6.07) is 16.2. The van der Waals surface area contributed by atoms with Gasteiger partial charge in [0, 0.05) is 24.0 Å². The van der Waals surface area contributed by atoms with Crippen LogP contribution in [0.5, 0.6) is 0 Å². The normalized spacial score (nSPS) is 21.3. The molecule has 3 aromatic rings. The van der Waals surface area contributed by atoms with Gasteiger partial charge in [0.2, 0.25) is 10.0 Å². The molecule has 0 saturated heterocycles. The second-order valence-corrected chi connectivity index (χ2v) is 15.3. The molecule has 43 heavy (non-hydrogen) atoms. The van der Waals surface area contributed by atoms with Crippen LogP contribution in [0.3, 0.4) is 0 Å². The molecule has 1 aliphatic carbocycles. The fourth-order valence-corrected chi connectivity index (χ4v) is 7.12. The van der Waals surface area contributed by atoms with E-state index in [1.807, 2.05) is 12.1 Å². The number of hydrogen-bond acceptors (Lipinski definition) is 9. The van der Waals surface area contributed by atoms with Crippen LogP contribution in [-0.2, 0) is 36.9 Å². The van der Waals surface area contributed by atoms with Crippen molar-refractivity contribution < 1.29 is 26.4 Å². The summed E-state index contributed by atoms with van der Waals surface area (Å²) in [6.07, 6.45) is 3.55. The maximum Gasteiger partial charge on any atom is 0.286 e. The van der Waals surface area contributed by atoms with Crippen molar-refractivity contribution in [2.24, 2.45) is 15.7 Å². The largest absolute Gasteiger partial charge is 0.341 e. The van der Waals surface area contributed by atoms with Gasteiger partial charge in [-0.3, -0.25) is 24.6 Å². The molecule has 0 spiro atoms. The molecule has 0 bridgehead atoms. The maximum absolute atomic E-state index is 14.7. The Labute approximate surface area is 251 Å². The Morgan fingerprint density at radius 1 is 1.02 bits per heavy atom. The molecular formula is C30H33N5O6S2. The molecule has 0 fully saturated rings. The number of benzene rings is 2. The number of ketones is 2. The number of hydrogen-bond donors (Lipinski definition) is 3. The number of fused-ring (bicyclic) bond motifs is 2. The third-order valence-corrected chi connectivity index (χ3v) is 9.40. The van der Waals surface area contributed by atoms with Crippen LogP contribution in [0, 0.1) is 11.3 Å². The minimum absolute atomic E-state index is 0.0314. The van der Waals surface area contributed by atoms with Crippen LogP contribution in [0.1, 0.15) is 55.2 Å². The van der Waals surface area contributed by atoms with E-state index in [1.54, 1.807) is 36.5 Å². The highest BCUT2D eigenvalue weighted by Gasteiger charge is 2.54.